The average molecular weight is 413 g/mol. The highest BCUT2D eigenvalue weighted by atomic mass is 16.5. The number of ether oxygens (including phenoxy) is 1. The van der Waals surface area contributed by atoms with Crippen LogP contribution in [-0.2, 0) is 11.8 Å². The van der Waals surface area contributed by atoms with Gasteiger partial charge >= 0.3 is 0 Å². The smallest absolute Gasteiger partial charge is 0.255 e. The lowest BCUT2D eigenvalue weighted by atomic mass is 9.99. The molecule has 0 N–H and O–H groups in total. The summed E-state index contributed by atoms with van der Waals surface area (Å²) in [7, 11) is 3.60. The third-order valence-corrected chi connectivity index (χ3v) is 5.86. The highest BCUT2D eigenvalue weighted by molar-refractivity contribution is 6.01. The molecule has 4 aromatic rings. The normalized spacial score (nSPS) is 16.2. The second-order valence-corrected chi connectivity index (χ2v) is 7.86. The van der Waals surface area contributed by atoms with Crippen LogP contribution in [-0.4, -0.2) is 56.9 Å². The first-order valence-electron chi connectivity index (χ1n) is 10.3. The molecule has 1 amide bonds. The molecule has 31 heavy (non-hydrogen) atoms. The van der Waals surface area contributed by atoms with Gasteiger partial charge in [-0.3, -0.25) is 19.4 Å². The predicted octanol–water partition coefficient (Wildman–Crippen LogP) is 3.56. The lowest BCUT2D eigenvalue weighted by Crippen LogP contribution is -2.30. The van der Waals surface area contributed by atoms with Crippen molar-refractivity contribution in [3.05, 3.63) is 66.9 Å². The summed E-state index contributed by atoms with van der Waals surface area (Å²) in [5.74, 6) is -0.0105. The SMILES string of the molecule is CO[C@@H]1CCN(C(=O)c2cnc3cncc(-c4ccc(-c5cnn(C)c5)cc4)c3c2)C1. The van der Waals surface area contributed by atoms with Gasteiger partial charge in [0.2, 0.25) is 0 Å². The average Bonchev–Trinajstić information content (AvgIpc) is 3.47. The number of benzene rings is 1. The molecular formula is C24H23N5O2. The Kier molecular flexibility index (Phi) is 4.95. The second kappa shape index (κ2) is 7.92. The zero-order valence-electron chi connectivity index (χ0n) is 17.5. The zero-order valence-corrected chi connectivity index (χ0v) is 17.5. The van der Waals surface area contributed by atoms with Crippen molar-refractivity contribution >= 4 is 16.8 Å². The minimum atomic E-state index is -0.0105. The molecule has 0 bridgehead atoms. The number of aryl methyl sites for hydroxylation is 1. The van der Waals surface area contributed by atoms with Crippen LogP contribution in [0, 0.1) is 0 Å². The number of carbonyl (C=O) groups is 1. The Labute approximate surface area is 180 Å². The molecule has 0 unspecified atom stereocenters. The first kappa shape index (κ1) is 19.4. The number of hydrogen-bond donors (Lipinski definition) is 0. The van der Waals surface area contributed by atoms with Gasteiger partial charge in [0.25, 0.3) is 5.91 Å². The van der Waals surface area contributed by atoms with Gasteiger partial charge in [0.1, 0.15) is 0 Å². The van der Waals surface area contributed by atoms with Crippen LogP contribution in [0.3, 0.4) is 0 Å². The fourth-order valence-corrected chi connectivity index (χ4v) is 4.09. The Balaban J connectivity index is 1.49. The molecule has 5 rings (SSSR count). The van der Waals surface area contributed by atoms with Gasteiger partial charge in [-0.1, -0.05) is 24.3 Å². The van der Waals surface area contributed by atoms with Crippen molar-refractivity contribution in [2.45, 2.75) is 12.5 Å². The fourth-order valence-electron chi connectivity index (χ4n) is 4.09. The summed E-state index contributed by atoms with van der Waals surface area (Å²) in [4.78, 5) is 23.7. The third kappa shape index (κ3) is 3.68. The Morgan fingerprint density at radius 1 is 1.06 bits per heavy atom. The maximum atomic E-state index is 13.0. The molecule has 1 atom stereocenters. The number of methoxy groups -OCH3 is 1. The van der Waals surface area contributed by atoms with Gasteiger partial charge in [0, 0.05) is 62.4 Å². The summed E-state index contributed by atoms with van der Waals surface area (Å²) in [6.45, 7) is 1.32. The molecule has 7 nitrogen and oxygen atoms in total. The minimum Gasteiger partial charge on any atom is -0.380 e. The number of likely N-dealkylation sites (tertiary alicyclic amines) is 1. The van der Waals surface area contributed by atoms with Crippen molar-refractivity contribution in [2.24, 2.45) is 7.05 Å². The molecule has 0 spiro atoms. The summed E-state index contributed by atoms with van der Waals surface area (Å²) in [6, 6.07) is 10.2. The van der Waals surface area contributed by atoms with Crippen LogP contribution in [0.4, 0.5) is 0 Å². The number of carbonyl (C=O) groups excluding carboxylic acids is 1. The van der Waals surface area contributed by atoms with E-state index in [0.717, 1.165) is 39.6 Å². The monoisotopic (exact) mass is 413 g/mol. The highest BCUT2D eigenvalue weighted by Gasteiger charge is 2.27. The largest absolute Gasteiger partial charge is 0.380 e. The summed E-state index contributed by atoms with van der Waals surface area (Å²) in [5, 5.41) is 5.15. The predicted molar refractivity (Wildman–Crippen MR) is 118 cm³/mol. The Hall–Kier alpha value is -3.58. The number of pyridine rings is 2. The van der Waals surface area contributed by atoms with E-state index in [1.165, 1.54) is 0 Å². The van der Waals surface area contributed by atoms with Crippen molar-refractivity contribution in [1.82, 2.24) is 24.6 Å². The summed E-state index contributed by atoms with van der Waals surface area (Å²) in [6.07, 6.45) is 10.0. The molecular weight excluding hydrogens is 390 g/mol. The van der Waals surface area contributed by atoms with Crippen molar-refractivity contribution in [3.8, 4) is 22.3 Å². The molecule has 156 valence electrons. The van der Waals surface area contributed by atoms with E-state index in [4.69, 9.17) is 4.74 Å². The molecule has 0 radical (unpaired) electrons. The van der Waals surface area contributed by atoms with Crippen LogP contribution in [0.15, 0.2) is 61.3 Å². The standard InChI is InChI=1S/C24H23N5O2/c1-28-14-19(11-27-28)16-3-5-17(6-4-16)22-12-25-13-23-21(22)9-18(10-26-23)24(30)29-8-7-20(15-29)31-2/h3-6,9-14,20H,7-8,15H2,1-2H3/t20-/m1/s1. The van der Waals surface area contributed by atoms with E-state index in [1.807, 2.05) is 36.6 Å². The van der Waals surface area contributed by atoms with E-state index in [-0.39, 0.29) is 12.0 Å². The molecule has 1 fully saturated rings. The second-order valence-electron chi connectivity index (χ2n) is 7.86. The Morgan fingerprint density at radius 3 is 2.58 bits per heavy atom. The quantitative estimate of drug-likeness (QED) is 0.512. The topological polar surface area (TPSA) is 73.1 Å². The molecule has 0 aliphatic carbocycles. The van der Waals surface area contributed by atoms with E-state index in [9.17, 15) is 4.79 Å². The number of nitrogens with zero attached hydrogens (tertiary/aromatic N) is 5. The molecule has 1 aliphatic heterocycles. The van der Waals surface area contributed by atoms with E-state index in [2.05, 4.69) is 39.3 Å². The van der Waals surface area contributed by atoms with Gasteiger partial charge in [-0.2, -0.15) is 5.10 Å². The maximum Gasteiger partial charge on any atom is 0.255 e. The number of rotatable bonds is 4. The molecule has 7 heteroatoms. The van der Waals surface area contributed by atoms with E-state index < -0.39 is 0 Å². The molecule has 1 aromatic carbocycles. The van der Waals surface area contributed by atoms with Crippen molar-refractivity contribution < 1.29 is 9.53 Å². The van der Waals surface area contributed by atoms with Crippen LogP contribution in [0.25, 0.3) is 33.2 Å². The number of fused-ring (bicyclic) bond motifs is 1. The van der Waals surface area contributed by atoms with E-state index in [1.54, 1.807) is 24.2 Å². The van der Waals surface area contributed by atoms with Gasteiger partial charge in [0.15, 0.2) is 0 Å². The van der Waals surface area contributed by atoms with Crippen LogP contribution in [0.2, 0.25) is 0 Å². The summed E-state index contributed by atoms with van der Waals surface area (Å²) >= 11 is 0. The van der Waals surface area contributed by atoms with Gasteiger partial charge in [0.05, 0.1) is 29.6 Å². The van der Waals surface area contributed by atoms with Gasteiger partial charge < -0.3 is 9.64 Å². The highest BCUT2D eigenvalue weighted by Crippen LogP contribution is 2.30. The van der Waals surface area contributed by atoms with Crippen LogP contribution in [0.5, 0.6) is 0 Å². The van der Waals surface area contributed by atoms with Crippen LogP contribution < -0.4 is 0 Å². The number of hydrogen-bond acceptors (Lipinski definition) is 5. The number of aromatic nitrogens is 4. The van der Waals surface area contributed by atoms with Crippen LogP contribution in [0.1, 0.15) is 16.8 Å². The zero-order chi connectivity index (χ0) is 21.4. The Bertz CT molecular complexity index is 1250. The van der Waals surface area contributed by atoms with Gasteiger partial charge in [-0.15, -0.1) is 0 Å². The van der Waals surface area contributed by atoms with Crippen molar-refractivity contribution in [2.75, 3.05) is 20.2 Å². The molecule has 1 aliphatic rings. The first-order valence-corrected chi connectivity index (χ1v) is 10.3. The van der Waals surface area contributed by atoms with E-state index in [0.29, 0.717) is 18.7 Å². The maximum absolute atomic E-state index is 13.0. The Morgan fingerprint density at radius 2 is 1.87 bits per heavy atom. The molecule has 4 heterocycles. The molecule has 3 aromatic heterocycles. The first-order chi connectivity index (χ1) is 15.1. The fraction of sp³-hybridized carbons (Fsp3) is 0.250. The lowest BCUT2D eigenvalue weighted by molar-refractivity contribution is 0.0724. The van der Waals surface area contributed by atoms with Gasteiger partial charge in [-0.25, -0.2) is 0 Å². The van der Waals surface area contributed by atoms with Crippen molar-refractivity contribution in [3.63, 3.8) is 0 Å². The number of amides is 1. The van der Waals surface area contributed by atoms with Gasteiger partial charge in [-0.05, 0) is 23.6 Å². The van der Waals surface area contributed by atoms with Crippen molar-refractivity contribution in [1.29, 1.82) is 0 Å². The summed E-state index contributed by atoms with van der Waals surface area (Å²) < 4.78 is 7.18. The summed E-state index contributed by atoms with van der Waals surface area (Å²) in [5.41, 5.74) is 5.50. The third-order valence-electron chi connectivity index (χ3n) is 5.86. The van der Waals surface area contributed by atoms with Crippen LogP contribution >= 0.6 is 0 Å². The van der Waals surface area contributed by atoms with E-state index >= 15 is 0 Å². The molecule has 1 saturated heterocycles. The lowest BCUT2D eigenvalue weighted by Gasteiger charge is -2.16. The minimum absolute atomic E-state index is 0.0105. The molecule has 0 saturated carbocycles.